The predicted octanol–water partition coefficient (Wildman–Crippen LogP) is 3.61. The van der Waals surface area contributed by atoms with Gasteiger partial charge < -0.3 is 4.74 Å². The standard InChI is InChI=1S/C18H25N7OS/c1-5-6-11-24-16(19-22-23-24)12-27-18-21-20-17(25(18)13(2)3)14-7-9-15(26-4)10-8-14/h7-10,13H,5-6,11-12H2,1-4H3. The third-order valence-electron chi connectivity index (χ3n) is 4.19. The largest absolute Gasteiger partial charge is 0.497 e. The quantitative estimate of drug-likeness (QED) is 0.519. The summed E-state index contributed by atoms with van der Waals surface area (Å²) in [4.78, 5) is 0. The summed E-state index contributed by atoms with van der Waals surface area (Å²) in [6.45, 7) is 7.26. The summed E-state index contributed by atoms with van der Waals surface area (Å²) in [6.07, 6.45) is 2.17. The van der Waals surface area contributed by atoms with Gasteiger partial charge in [0.2, 0.25) is 0 Å². The number of ether oxygens (including phenoxy) is 1. The molecule has 0 aliphatic rings. The number of tetrazole rings is 1. The van der Waals surface area contributed by atoms with Gasteiger partial charge in [-0.3, -0.25) is 4.57 Å². The van der Waals surface area contributed by atoms with Crippen molar-refractivity contribution in [3.05, 3.63) is 30.1 Å². The smallest absolute Gasteiger partial charge is 0.192 e. The zero-order valence-corrected chi connectivity index (χ0v) is 17.0. The molecule has 0 saturated carbocycles. The van der Waals surface area contributed by atoms with Gasteiger partial charge in [0.05, 0.1) is 12.9 Å². The van der Waals surface area contributed by atoms with E-state index in [0.717, 1.165) is 47.5 Å². The van der Waals surface area contributed by atoms with Crippen LogP contribution in [0.4, 0.5) is 0 Å². The zero-order valence-electron chi connectivity index (χ0n) is 16.2. The van der Waals surface area contributed by atoms with E-state index in [0.29, 0.717) is 5.75 Å². The van der Waals surface area contributed by atoms with Crippen LogP contribution in [0.3, 0.4) is 0 Å². The number of unbranched alkanes of at least 4 members (excludes halogenated alkanes) is 1. The number of rotatable bonds is 9. The molecule has 2 aromatic heterocycles. The molecular weight excluding hydrogens is 362 g/mol. The highest BCUT2D eigenvalue weighted by Gasteiger charge is 2.18. The summed E-state index contributed by atoms with van der Waals surface area (Å²) >= 11 is 1.61. The van der Waals surface area contributed by atoms with Gasteiger partial charge in [0.1, 0.15) is 5.75 Å². The minimum atomic E-state index is 0.232. The summed E-state index contributed by atoms with van der Waals surface area (Å²) < 4.78 is 9.26. The maximum Gasteiger partial charge on any atom is 0.192 e. The second-order valence-electron chi connectivity index (χ2n) is 6.46. The van der Waals surface area contributed by atoms with Crippen LogP contribution in [0.25, 0.3) is 11.4 Å². The van der Waals surface area contributed by atoms with E-state index in [1.807, 2.05) is 28.9 Å². The lowest BCUT2D eigenvalue weighted by Crippen LogP contribution is -2.07. The van der Waals surface area contributed by atoms with Crippen molar-refractivity contribution in [1.29, 1.82) is 0 Å². The number of thioether (sulfide) groups is 1. The molecule has 144 valence electrons. The number of hydrogen-bond donors (Lipinski definition) is 0. The van der Waals surface area contributed by atoms with Crippen molar-refractivity contribution >= 4 is 11.8 Å². The number of benzene rings is 1. The van der Waals surface area contributed by atoms with Crippen molar-refractivity contribution in [3.8, 4) is 17.1 Å². The van der Waals surface area contributed by atoms with Crippen molar-refractivity contribution in [2.45, 2.75) is 57.1 Å². The van der Waals surface area contributed by atoms with Crippen molar-refractivity contribution in [1.82, 2.24) is 35.0 Å². The second kappa shape index (κ2) is 8.98. The third-order valence-corrected chi connectivity index (χ3v) is 5.13. The molecule has 3 rings (SSSR count). The average molecular weight is 388 g/mol. The van der Waals surface area contributed by atoms with Crippen LogP contribution in [-0.2, 0) is 12.3 Å². The lowest BCUT2D eigenvalue weighted by molar-refractivity contribution is 0.415. The SMILES string of the molecule is CCCCn1nnnc1CSc1nnc(-c2ccc(OC)cc2)n1C(C)C. The summed E-state index contributed by atoms with van der Waals surface area (Å²) in [5, 5.41) is 21.7. The van der Waals surface area contributed by atoms with Gasteiger partial charge in [-0.1, -0.05) is 25.1 Å². The molecule has 27 heavy (non-hydrogen) atoms. The summed E-state index contributed by atoms with van der Waals surface area (Å²) in [6, 6.07) is 8.10. The predicted molar refractivity (Wildman–Crippen MR) is 105 cm³/mol. The topological polar surface area (TPSA) is 83.5 Å². The van der Waals surface area contributed by atoms with Gasteiger partial charge >= 0.3 is 0 Å². The Morgan fingerprint density at radius 3 is 2.56 bits per heavy atom. The molecule has 0 unspecified atom stereocenters. The van der Waals surface area contributed by atoms with Gasteiger partial charge in [-0.25, -0.2) is 4.68 Å². The van der Waals surface area contributed by atoms with E-state index < -0.39 is 0 Å². The van der Waals surface area contributed by atoms with Crippen molar-refractivity contribution in [2.24, 2.45) is 0 Å². The number of nitrogens with zero attached hydrogens (tertiary/aromatic N) is 7. The summed E-state index contributed by atoms with van der Waals surface area (Å²) in [5.41, 5.74) is 1.01. The molecule has 2 heterocycles. The maximum atomic E-state index is 5.24. The summed E-state index contributed by atoms with van der Waals surface area (Å²) in [7, 11) is 1.66. The first-order valence-corrected chi connectivity index (χ1v) is 10.1. The molecule has 0 saturated heterocycles. The molecule has 0 N–H and O–H groups in total. The molecule has 3 aromatic rings. The fraction of sp³-hybridized carbons (Fsp3) is 0.500. The highest BCUT2D eigenvalue weighted by molar-refractivity contribution is 7.98. The van der Waals surface area contributed by atoms with E-state index in [1.54, 1.807) is 18.9 Å². The number of aromatic nitrogens is 7. The first-order chi connectivity index (χ1) is 13.1. The molecular formula is C18H25N7OS. The Kier molecular flexibility index (Phi) is 6.44. The highest BCUT2D eigenvalue weighted by Crippen LogP contribution is 2.29. The Balaban J connectivity index is 1.80. The minimum absolute atomic E-state index is 0.232. The van der Waals surface area contributed by atoms with Gasteiger partial charge in [0.15, 0.2) is 16.8 Å². The van der Waals surface area contributed by atoms with E-state index in [1.165, 1.54) is 0 Å². The van der Waals surface area contributed by atoms with Crippen LogP contribution in [0, 0.1) is 0 Å². The maximum absolute atomic E-state index is 5.24. The van der Waals surface area contributed by atoms with E-state index in [2.05, 4.69) is 51.1 Å². The fourth-order valence-electron chi connectivity index (χ4n) is 2.72. The van der Waals surface area contributed by atoms with E-state index in [-0.39, 0.29) is 6.04 Å². The molecule has 0 radical (unpaired) electrons. The van der Waals surface area contributed by atoms with Gasteiger partial charge in [-0.05, 0) is 55.0 Å². The van der Waals surface area contributed by atoms with Gasteiger partial charge in [0, 0.05) is 18.2 Å². The van der Waals surface area contributed by atoms with Crippen LogP contribution in [0.15, 0.2) is 29.4 Å². The molecule has 0 amide bonds. The number of methoxy groups -OCH3 is 1. The third kappa shape index (κ3) is 4.47. The van der Waals surface area contributed by atoms with Gasteiger partial charge in [-0.15, -0.1) is 15.3 Å². The second-order valence-corrected chi connectivity index (χ2v) is 7.40. The molecule has 9 heteroatoms. The first-order valence-electron chi connectivity index (χ1n) is 9.11. The van der Waals surface area contributed by atoms with E-state index in [9.17, 15) is 0 Å². The molecule has 0 bridgehead atoms. The van der Waals surface area contributed by atoms with Crippen LogP contribution in [-0.4, -0.2) is 42.1 Å². The monoisotopic (exact) mass is 387 g/mol. The lowest BCUT2D eigenvalue weighted by atomic mass is 10.2. The van der Waals surface area contributed by atoms with Gasteiger partial charge in [0.25, 0.3) is 0 Å². The molecule has 0 aliphatic carbocycles. The Hall–Kier alpha value is -2.42. The Labute approximate surface area is 163 Å². The Bertz CT molecular complexity index is 857. The van der Waals surface area contributed by atoms with E-state index >= 15 is 0 Å². The average Bonchev–Trinajstić information content (AvgIpc) is 3.31. The van der Waals surface area contributed by atoms with Crippen LogP contribution in [0.1, 0.15) is 45.5 Å². The van der Waals surface area contributed by atoms with Crippen molar-refractivity contribution < 1.29 is 4.74 Å². The zero-order chi connectivity index (χ0) is 19.2. The highest BCUT2D eigenvalue weighted by atomic mass is 32.2. The molecule has 0 spiro atoms. The van der Waals surface area contributed by atoms with E-state index in [4.69, 9.17) is 4.74 Å². The summed E-state index contributed by atoms with van der Waals surface area (Å²) in [5.74, 6) is 3.19. The lowest BCUT2D eigenvalue weighted by Gasteiger charge is -2.14. The van der Waals surface area contributed by atoms with Gasteiger partial charge in [-0.2, -0.15) is 0 Å². The Morgan fingerprint density at radius 1 is 1.11 bits per heavy atom. The Morgan fingerprint density at radius 2 is 1.89 bits per heavy atom. The number of aryl methyl sites for hydroxylation is 1. The molecule has 1 aromatic carbocycles. The first kappa shape index (κ1) is 19.3. The van der Waals surface area contributed by atoms with Crippen LogP contribution in [0.2, 0.25) is 0 Å². The normalized spacial score (nSPS) is 11.3. The fourth-order valence-corrected chi connectivity index (χ4v) is 3.72. The molecule has 0 atom stereocenters. The molecule has 0 fully saturated rings. The van der Waals surface area contributed by atoms with Crippen molar-refractivity contribution in [2.75, 3.05) is 7.11 Å². The van der Waals surface area contributed by atoms with Crippen molar-refractivity contribution in [3.63, 3.8) is 0 Å². The molecule has 8 nitrogen and oxygen atoms in total. The van der Waals surface area contributed by atoms with Crippen LogP contribution >= 0.6 is 11.8 Å². The van der Waals surface area contributed by atoms with Crippen LogP contribution < -0.4 is 4.74 Å². The molecule has 0 aliphatic heterocycles. The number of hydrogen-bond acceptors (Lipinski definition) is 7. The minimum Gasteiger partial charge on any atom is -0.497 e. The van der Waals surface area contributed by atoms with Crippen LogP contribution in [0.5, 0.6) is 5.75 Å².